The molecule has 6 heteroatoms. The van der Waals surface area contributed by atoms with Crippen LogP contribution < -0.4 is 5.43 Å². The Morgan fingerprint density at radius 2 is 2.22 bits per heavy atom. The summed E-state index contributed by atoms with van der Waals surface area (Å²) in [6, 6.07) is 3.69. The minimum absolute atomic E-state index is 0. The van der Waals surface area contributed by atoms with Crippen molar-refractivity contribution in [1.82, 2.24) is 10.3 Å². The maximum Gasteiger partial charge on any atom is 0.281 e. The lowest BCUT2D eigenvalue weighted by Gasteiger charge is -2.39. The molecule has 3 aliphatic heterocycles. The van der Waals surface area contributed by atoms with Gasteiger partial charge in [-0.3, -0.25) is 9.69 Å². The quantitative estimate of drug-likeness (QED) is 0.845. The number of fused-ring (bicyclic) bond motifs is 3. The lowest BCUT2D eigenvalue weighted by atomic mass is 9.87. The molecule has 2 bridgehead atoms. The van der Waals surface area contributed by atoms with Gasteiger partial charge in [-0.05, 0) is 37.4 Å². The summed E-state index contributed by atoms with van der Waals surface area (Å²) in [5.74, 6) is 0.493. The van der Waals surface area contributed by atoms with Crippen LogP contribution in [-0.4, -0.2) is 36.2 Å². The molecule has 1 aromatic rings. The van der Waals surface area contributed by atoms with Gasteiger partial charge in [-0.25, -0.2) is 5.43 Å². The number of nitrogens with zero attached hydrogens (tertiary/aromatic N) is 2. The molecule has 0 aromatic carbocycles. The number of halogens is 1. The Hall–Kier alpha value is -0.910. The predicted molar refractivity (Wildman–Crippen MR) is 75.6 cm³/mol. The summed E-state index contributed by atoms with van der Waals surface area (Å²) in [5.41, 5.74) is 3.82. The number of hydrogen-bond acceptors (Lipinski definition) is 4. The molecule has 0 spiro atoms. The molecule has 3 saturated heterocycles. The minimum Gasteiger partial charge on any atom is -0.298 e. The summed E-state index contributed by atoms with van der Waals surface area (Å²) in [7, 11) is 0. The molecule has 3 aliphatic rings. The molecular formula is C12H16ClN3OS. The van der Waals surface area contributed by atoms with E-state index in [1.54, 1.807) is 0 Å². The van der Waals surface area contributed by atoms with E-state index in [1.165, 1.54) is 37.3 Å². The van der Waals surface area contributed by atoms with Crippen LogP contribution in [0.4, 0.5) is 0 Å². The Kier molecular flexibility index (Phi) is 4.37. The van der Waals surface area contributed by atoms with Crippen molar-refractivity contribution in [2.24, 2.45) is 11.0 Å². The lowest BCUT2D eigenvalue weighted by molar-refractivity contribution is 0.0957. The highest BCUT2D eigenvalue weighted by Gasteiger charge is 2.30. The van der Waals surface area contributed by atoms with Gasteiger partial charge in [0.05, 0.1) is 10.6 Å². The molecule has 18 heavy (non-hydrogen) atoms. The molecule has 1 aromatic heterocycles. The zero-order valence-electron chi connectivity index (χ0n) is 9.96. The fourth-order valence-electron chi connectivity index (χ4n) is 2.49. The molecule has 0 aliphatic carbocycles. The number of piperidine rings is 3. The van der Waals surface area contributed by atoms with Crippen molar-refractivity contribution in [3.05, 3.63) is 22.4 Å². The molecule has 98 valence electrons. The fraction of sp³-hybridized carbons (Fsp3) is 0.500. The molecule has 1 amide bonds. The first-order valence-electron chi connectivity index (χ1n) is 5.95. The number of rotatable bonds is 2. The van der Waals surface area contributed by atoms with Crippen LogP contribution in [0.2, 0.25) is 0 Å². The van der Waals surface area contributed by atoms with Crippen molar-refractivity contribution >= 4 is 35.4 Å². The van der Waals surface area contributed by atoms with Gasteiger partial charge in [-0.1, -0.05) is 6.07 Å². The summed E-state index contributed by atoms with van der Waals surface area (Å²) in [5, 5.41) is 6.20. The van der Waals surface area contributed by atoms with E-state index >= 15 is 0 Å². The SMILES string of the molecule is Cl.O=C(NN=C1CN2CCC1CC2)c1cccs1. The van der Waals surface area contributed by atoms with Crippen LogP contribution in [-0.2, 0) is 0 Å². The van der Waals surface area contributed by atoms with Gasteiger partial charge < -0.3 is 0 Å². The predicted octanol–water partition coefficient (Wildman–Crippen LogP) is 1.98. The van der Waals surface area contributed by atoms with Crippen LogP contribution in [0.3, 0.4) is 0 Å². The Labute approximate surface area is 116 Å². The van der Waals surface area contributed by atoms with Crippen molar-refractivity contribution in [3.63, 3.8) is 0 Å². The number of carbonyl (C=O) groups is 1. The maximum absolute atomic E-state index is 11.7. The summed E-state index contributed by atoms with van der Waals surface area (Å²) < 4.78 is 0. The average molecular weight is 286 g/mol. The van der Waals surface area contributed by atoms with E-state index in [0.29, 0.717) is 5.92 Å². The van der Waals surface area contributed by atoms with E-state index in [1.807, 2.05) is 17.5 Å². The number of carbonyl (C=O) groups excluding carboxylic acids is 1. The third-order valence-electron chi connectivity index (χ3n) is 3.49. The maximum atomic E-state index is 11.7. The van der Waals surface area contributed by atoms with Crippen molar-refractivity contribution in [2.45, 2.75) is 12.8 Å². The topological polar surface area (TPSA) is 44.7 Å². The van der Waals surface area contributed by atoms with Crippen molar-refractivity contribution in [1.29, 1.82) is 0 Å². The highest BCUT2D eigenvalue weighted by molar-refractivity contribution is 7.12. The van der Waals surface area contributed by atoms with Crippen LogP contribution >= 0.6 is 23.7 Å². The van der Waals surface area contributed by atoms with E-state index in [4.69, 9.17) is 0 Å². The third kappa shape index (κ3) is 2.74. The summed E-state index contributed by atoms with van der Waals surface area (Å²) in [6.45, 7) is 3.29. The summed E-state index contributed by atoms with van der Waals surface area (Å²) >= 11 is 1.44. The zero-order valence-corrected chi connectivity index (χ0v) is 11.6. The second kappa shape index (κ2) is 5.82. The molecule has 0 saturated carbocycles. The van der Waals surface area contributed by atoms with Crippen LogP contribution in [0.25, 0.3) is 0 Å². The average Bonchev–Trinajstić information content (AvgIpc) is 2.91. The first-order chi connectivity index (χ1) is 8.33. The molecule has 3 fully saturated rings. The van der Waals surface area contributed by atoms with E-state index in [-0.39, 0.29) is 18.3 Å². The van der Waals surface area contributed by atoms with E-state index in [2.05, 4.69) is 15.4 Å². The van der Waals surface area contributed by atoms with Crippen molar-refractivity contribution in [3.8, 4) is 0 Å². The monoisotopic (exact) mass is 285 g/mol. The van der Waals surface area contributed by atoms with Gasteiger partial charge in [-0.2, -0.15) is 5.10 Å². The molecule has 1 N–H and O–H groups in total. The fourth-order valence-corrected chi connectivity index (χ4v) is 3.11. The normalized spacial score (nSPS) is 27.9. The van der Waals surface area contributed by atoms with E-state index in [9.17, 15) is 4.79 Å². The number of amides is 1. The standard InChI is InChI=1S/C12H15N3OS.ClH/c16-12(11-2-1-7-17-11)14-13-10-8-15-5-3-9(10)4-6-15;/h1-2,7,9H,3-6,8H2,(H,14,16);1H. The Bertz CT molecular complexity index is 438. The number of nitrogens with one attached hydrogen (secondary N) is 1. The molecule has 0 radical (unpaired) electrons. The van der Waals surface area contributed by atoms with Gasteiger partial charge in [0.15, 0.2) is 0 Å². The minimum atomic E-state index is -0.0936. The van der Waals surface area contributed by atoms with Crippen LogP contribution in [0.5, 0.6) is 0 Å². The highest BCUT2D eigenvalue weighted by atomic mass is 35.5. The van der Waals surface area contributed by atoms with Crippen LogP contribution in [0, 0.1) is 5.92 Å². The van der Waals surface area contributed by atoms with Crippen molar-refractivity contribution < 1.29 is 4.79 Å². The van der Waals surface area contributed by atoms with E-state index < -0.39 is 0 Å². The van der Waals surface area contributed by atoms with Gasteiger partial charge in [0.1, 0.15) is 0 Å². The van der Waals surface area contributed by atoms with Gasteiger partial charge in [0.25, 0.3) is 5.91 Å². The smallest absolute Gasteiger partial charge is 0.281 e. The number of thiophene rings is 1. The summed E-state index contributed by atoms with van der Waals surface area (Å²) in [6.07, 6.45) is 2.38. The molecule has 0 unspecified atom stereocenters. The first-order valence-corrected chi connectivity index (χ1v) is 6.83. The molecule has 0 atom stereocenters. The van der Waals surface area contributed by atoms with Crippen LogP contribution in [0.1, 0.15) is 22.5 Å². The number of hydrazone groups is 1. The van der Waals surface area contributed by atoms with Crippen LogP contribution in [0.15, 0.2) is 22.6 Å². The Morgan fingerprint density at radius 1 is 1.44 bits per heavy atom. The van der Waals surface area contributed by atoms with Gasteiger partial charge in [0.2, 0.25) is 0 Å². The second-order valence-electron chi connectivity index (χ2n) is 4.57. The Balaban J connectivity index is 0.00000120. The largest absolute Gasteiger partial charge is 0.298 e. The first kappa shape index (κ1) is 13.5. The molecular weight excluding hydrogens is 270 g/mol. The zero-order chi connectivity index (χ0) is 11.7. The third-order valence-corrected chi connectivity index (χ3v) is 4.36. The highest BCUT2D eigenvalue weighted by Crippen LogP contribution is 2.25. The van der Waals surface area contributed by atoms with Gasteiger partial charge in [-0.15, -0.1) is 23.7 Å². The number of hydrogen-bond donors (Lipinski definition) is 1. The van der Waals surface area contributed by atoms with Crippen molar-refractivity contribution in [2.75, 3.05) is 19.6 Å². The molecule has 4 nitrogen and oxygen atoms in total. The van der Waals surface area contributed by atoms with Gasteiger partial charge >= 0.3 is 0 Å². The Morgan fingerprint density at radius 3 is 2.78 bits per heavy atom. The second-order valence-corrected chi connectivity index (χ2v) is 5.52. The molecule has 4 heterocycles. The lowest BCUT2D eigenvalue weighted by Crippen LogP contribution is -2.48. The summed E-state index contributed by atoms with van der Waals surface area (Å²) in [4.78, 5) is 14.9. The van der Waals surface area contributed by atoms with Gasteiger partial charge in [0, 0.05) is 12.5 Å². The van der Waals surface area contributed by atoms with E-state index in [0.717, 1.165) is 17.1 Å². The molecule has 4 rings (SSSR count).